The summed E-state index contributed by atoms with van der Waals surface area (Å²) >= 11 is 1.60. The molecule has 0 saturated carbocycles. The van der Waals surface area contributed by atoms with Gasteiger partial charge in [-0.2, -0.15) is 0 Å². The van der Waals surface area contributed by atoms with E-state index in [4.69, 9.17) is 5.73 Å². The fourth-order valence-corrected chi connectivity index (χ4v) is 2.19. The molecular formula is C11H12N4S. The molecule has 1 unspecified atom stereocenters. The SMILES string of the molecule is NCC(Sc1ccncn1)c1ccccn1. The van der Waals surface area contributed by atoms with Crippen LogP contribution in [0.3, 0.4) is 0 Å². The first-order valence-corrected chi connectivity index (χ1v) is 5.82. The van der Waals surface area contributed by atoms with Crippen LogP contribution in [-0.2, 0) is 0 Å². The molecule has 0 aliphatic carbocycles. The van der Waals surface area contributed by atoms with Gasteiger partial charge in [-0.15, -0.1) is 0 Å². The van der Waals surface area contributed by atoms with Gasteiger partial charge < -0.3 is 5.73 Å². The highest BCUT2D eigenvalue weighted by atomic mass is 32.2. The quantitative estimate of drug-likeness (QED) is 0.641. The fraction of sp³-hybridized carbons (Fsp3) is 0.182. The van der Waals surface area contributed by atoms with Crippen molar-refractivity contribution in [2.45, 2.75) is 10.3 Å². The van der Waals surface area contributed by atoms with Crippen LogP contribution in [0.2, 0.25) is 0 Å². The van der Waals surface area contributed by atoms with Crippen molar-refractivity contribution in [2.75, 3.05) is 6.54 Å². The Morgan fingerprint density at radius 1 is 1.19 bits per heavy atom. The van der Waals surface area contributed by atoms with E-state index in [1.165, 1.54) is 6.33 Å². The van der Waals surface area contributed by atoms with Gasteiger partial charge in [0, 0.05) is 18.9 Å². The second-order valence-electron chi connectivity index (χ2n) is 3.14. The Morgan fingerprint density at radius 2 is 2.12 bits per heavy atom. The van der Waals surface area contributed by atoms with Crippen molar-refractivity contribution in [3.63, 3.8) is 0 Å². The molecule has 0 spiro atoms. The number of thioether (sulfide) groups is 1. The lowest BCUT2D eigenvalue weighted by atomic mass is 10.3. The smallest absolute Gasteiger partial charge is 0.116 e. The minimum atomic E-state index is 0.135. The van der Waals surface area contributed by atoms with E-state index < -0.39 is 0 Å². The number of aromatic nitrogens is 3. The average molecular weight is 232 g/mol. The number of hydrogen-bond donors (Lipinski definition) is 1. The summed E-state index contributed by atoms with van der Waals surface area (Å²) in [7, 11) is 0. The number of rotatable bonds is 4. The molecule has 0 aromatic carbocycles. The molecule has 0 aliphatic heterocycles. The van der Waals surface area contributed by atoms with Gasteiger partial charge in [0.1, 0.15) is 11.4 Å². The van der Waals surface area contributed by atoms with E-state index in [9.17, 15) is 0 Å². The number of nitrogens with zero attached hydrogens (tertiary/aromatic N) is 3. The average Bonchev–Trinajstić information content (AvgIpc) is 2.38. The summed E-state index contributed by atoms with van der Waals surface area (Å²) in [5.74, 6) is 0. The summed E-state index contributed by atoms with van der Waals surface area (Å²) in [4.78, 5) is 12.3. The van der Waals surface area contributed by atoms with Gasteiger partial charge in [-0.1, -0.05) is 17.8 Å². The molecule has 4 nitrogen and oxygen atoms in total. The number of pyridine rings is 1. The van der Waals surface area contributed by atoms with Crippen molar-refractivity contribution in [1.29, 1.82) is 0 Å². The molecule has 0 fully saturated rings. The maximum absolute atomic E-state index is 5.75. The molecule has 2 aromatic rings. The van der Waals surface area contributed by atoms with Gasteiger partial charge in [-0.3, -0.25) is 4.98 Å². The van der Waals surface area contributed by atoms with Gasteiger partial charge in [-0.05, 0) is 18.2 Å². The molecule has 5 heteroatoms. The van der Waals surface area contributed by atoms with E-state index in [1.54, 1.807) is 24.2 Å². The minimum absolute atomic E-state index is 0.135. The summed E-state index contributed by atoms with van der Waals surface area (Å²) in [5, 5.41) is 1.05. The molecule has 0 aliphatic rings. The Hall–Kier alpha value is -1.46. The first-order chi connectivity index (χ1) is 7.90. The van der Waals surface area contributed by atoms with Crippen LogP contribution in [0.1, 0.15) is 10.9 Å². The molecular weight excluding hydrogens is 220 g/mol. The second kappa shape index (κ2) is 5.58. The number of hydrogen-bond acceptors (Lipinski definition) is 5. The molecule has 0 radical (unpaired) electrons. The van der Waals surface area contributed by atoms with Gasteiger partial charge in [0.05, 0.1) is 10.9 Å². The topological polar surface area (TPSA) is 64.7 Å². The van der Waals surface area contributed by atoms with E-state index in [-0.39, 0.29) is 5.25 Å². The lowest BCUT2D eigenvalue weighted by Gasteiger charge is -2.12. The van der Waals surface area contributed by atoms with E-state index >= 15 is 0 Å². The van der Waals surface area contributed by atoms with E-state index in [2.05, 4.69) is 15.0 Å². The Balaban J connectivity index is 2.13. The summed E-state index contributed by atoms with van der Waals surface area (Å²) in [5.41, 5.74) is 6.73. The summed E-state index contributed by atoms with van der Waals surface area (Å²) in [6.07, 6.45) is 5.04. The lowest BCUT2D eigenvalue weighted by molar-refractivity contribution is 0.892. The van der Waals surface area contributed by atoms with Crippen LogP contribution in [0.5, 0.6) is 0 Å². The molecule has 16 heavy (non-hydrogen) atoms. The Labute approximate surface area is 98.3 Å². The van der Waals surface area contributed by atoms with E-state index in [0.29, 0.717) is 6.54 Å². The van der Waals surface area contributed by atoms with Gasteiger partial charge in [-0.25, -0.2) is 9.97 Å². The third-order valence-corrected chi connectivity index (χ3v) is 3.25. The van der Waals surface area contributed by atoms with Crippen molar-refractivity contribution in [1.82, 2.24) is 15.0 Å². The molecule has 2 N–H and O–H groups in total. The van der Waals surface area contributed by atoms with E-state index in [1.807, 2.05) is 24.3 Å². The maximum atomic E-state index is 5.75. The number of nitrogens with two attached hydrogens (primary N) is 1. The van der Waals surface area contributed by atoms with Crippen molar-refractivity contribution in [3.05, 3.63) is 48.7 Å². The zero-order valence-electron chi connectivity index (χ0n) is 8.65. The standard InChI is InChI=1S/C11H12N4S/c12-7-10(9-3-1-2-5-14-9)16-11-4-6-13-8-15-11/h1-6,8,10H,7,12H2. The zero-order valence-corrected chi connectivity index (χ0v) is 9.47. The molecule has 2 rings (SSSR count). The highest BCUT2D eigenvalue weighted by Gasteiger charge is 2.12. The highest BCUT2D eigenvalue weighted by molar-refractivity contribution is 7.99. The van der Waals surface area contributed by atoms with Crippen LogP contribution in [0, 0.1) is 0 Å². The third-order valence-electron chi connectivity index (χ3n) is 2.05. The molecule has 0 saturated heterocycles. The predicted octanol–water partition coefficient (Wildman–Crippen LogP) is 1.66. The minimum Gasteiger partial charge on any atom is -0.329 e. The summed E-state index contributed by atoms with van der Waals surface area (Å²) in [6.45, 7) is 0.533. The third kappa shape index (κ3) is 2.77. The van der Waals surface area contributed by atoms with Crippen molar-refractivity contribution >= 4 is 11.8 Å². The normalized spacial score (nSPS) is 12.3. The Morgan fingerprint density at radius 3 is 2.75 bits per heavy atom. The van der Waals surface area contributed by atoms with Gasteiger partial charge >= 0.3 is 0 Å². The van der Waals surface area contributed by atoms with Crippen LogP contribution < -0.4 is 5.73 Å². The van der Waals surface area contributed by atoms with Crippen molar-refractivity contribution < 1.29 is 0 Å². The summed E-state index contributed by atoms with van der Waals surface area (Å²) in [6, 6.07) is 7.71. The first kappa shape index (κ1) is 11.0. The van der Waals surface area contributed by atoms with E-state index in [0.717, 1.165) is 10.7 Å². The highest BCUT2D eigenvalue weighted by Crippen LogP contribution is 2.31. The predicted molar refractivity (Wildman–Crippen MR) is 63.9 cm³/mol. The van der Waals surface area contributed by atoms with Crippen molar-refractivity contribution in [3.8, 4) is 0 Å². The fourth-order valence-electron chi connectivity index (χ4n) is 1.29. The molecule has 2 heterocycles. The largest absolute Gasteiger partial charge is 0.329 e. The lowest BCUT2D eigenvalue weighted by Crippen LogP contribution is -2.10. The molecule has 0 amide bonds. The van der Waals surface area contributed by atoms with Gasteiger partial charge in [0.25, 0.3) is 0 Å². The van der Waals surface area contributed by atoms with Crippen molar-refractivity contribution in [2.24, 2.45) is 5.73 Å². The van der Waals surface area contributed by atoms with Crippen LogP contribution >= 0.6 is 11.8 Å². The zero-order chi connectivity index (χ0) is 11.2. The van der Waals surface area contributed by atoms with Crippen LogP contribution in [0.4, 0.5) is 0 Å². The molecule has 2 aromatic heterocycles. The van der Waals surface area contributed by atoms with Crippen LogP contribution in [0.25, 0.3) is 0 Å². The summed E-state index contributed by atoms with van der Waals surface area (Å²) < 4.78 is 0. The van der Waals surface area contributed by atoms with Gasteiger partial charge in [0.2, 0.25) is 0 Å². The van der Waals surface area contributed by atoms with Crippen LogP contribution in [0.15, 0.2) is 48.0 Å². The first-order valence-electron chi connectivity index (χ1n) is 4.94. The molecule has 1 atom stereocenters. The van der Waals surface area contributed by atoms with Gasteiger partial charge in [0.15, 0.2) is 0 Å². The Kier molecular flexibility index (Phi) is 3.85. The molecule has 82 valence electrons. The van der Waals surface area contributed by atoms with Crippen LogP contribution in [-0.4, -0.2) is 21.5 Å². The monoisotopic (exact) mass is 232 g/mol. The Bertz CT molecular complexity index is 421. The molecule has 0 bridgehead atoms. The maximum Gasteiger partial charge on any atom is 0.116 e. The second-order valence-corrected chi connectivity index (χ2v) is 4.37.